The third-order valence-electron chi connectivity index (χ3n) is 1.91. The number of rotatable bonds is 3. The standard InChI is InChI=1S/C8H13N3O/c1-5(9)4-7-10-11-8(12-7)6-2-3-6/h5-6H,2-4,9H2,1H3. The van der Waals surface area contributed by atoms with Gasteiger partial charge in [-0.15, -0.1) is 10.2 Å². The average Bonchev–Trinajstić information content (AvgIpc) is 2.73. The predicted octanol–water partition coefficient (Wildman–Crippen LogP) is 0.837. The van der Waals surface area contributed by atoms with Crippen molar-refractivity contribution in [1.82, 2.24) is 10.2 Å². The quantitative estimate of drug-likeness (QED) is 0.724. The summed E-state index contributed by atoms with van der Waals surface area (Å²) in [6.45, 7) is 1.93. The Morgan fingerprint density at radius 2 is 2.33 bits per heavy atom. The molecule has 4 nitrogen and oxygen atoms in total. The summed E-state index contributed by atoms with van der Waals surface area (Å²) in [6, 6.07) is 0.0949. The largest absolute Gasteiger partial charge is 0.425 e. The van der Waals surface area contributed by atoms with Crippen molar-refractivity contribution in [1.29, 1.82) is 0 Å². The zero-order chi connectivity index (χ0) is 8.55. The normalized spacial score (nSPS) is 19.5. The Kier molecular flexibility index (Phi) is 1.84. The molecule has 66 valence electrons. The van der Waals surface area contributed by atoms with E-state index < -0.39 is 0 Å². The first-order valence-corrected chi connectivity index (χ1v) is 4.33. The highest BCUT2D eigenvalue weighted by Crippen LogP contribution is 2.38. The lowest BCUT2D eigenvalue weighted by Gasteiger charge is -1.97. The molecule has 0 aromatic carbocycles. The van der Waals surface area contributed by atoms with Gasteiger partial charge in [-0.05, 0) is 19.8 Å². The van der Waals surface area contributed by atoms with Crippen LogP contribution in [0.15, 0.2) is 4.42 Å². The van der Waals surface area contributed by atoms with Crippen molar-refractivity contribution >= 4 is 0 Å². The number of aromatic nitrogens is 2. The second kappa shape index (κ2) is 2.86. The summed E-state index contributed by atoms with van der Waals surface area (Å²) in [6.07, 6.45) is 3.07. The summed E-state index contributed by atoms with van der Waals surface area (Å²) >= 11 is 0. The highest BCUT2D eigenvalue weighted by molar-refractivity contribution is 5.00. The Balaban J connectivity index is 2.03. The van der Waals surface area contributed by atoms with Crippen molar-refractivity contribution in [2.45, 2.75) is 38.1 Å². The van der Waals surface area contributed by atoms with E-state index in [2.05, 4.69) is 10.2 Å². The average molecular weight is 167 g/mol. The smallest absolute Gasteiger partial charge is 0.219 e. The molecule has 1 atom stereocenters. The second-order valence-electron chi connectivity index (χ2n) is 3.49. The van der Waals surface area contributed by atoms with Crippen molar-refractivity contribution < 1.29 is 4.42 Å². The van der Waals surface area contributed by atoms with Gasteiger partial charge in [-0.3, -0.25) is 0 Å². The minimum absolute atomic E-state index is 0.0949. The number of nitrogens with zero attached hydrogens (tertiary/aromatic N) is 2. The van der Waals surface area contributed by atoms with Crippen LogP contribution >= 0.6 is 0 Å². The third kappa shape index (κ3) is 1.64. The Hall–Kier alpha value is -0.900. The first-order chi connectivity index (χ1) is 5.75. The molecule has 0 bridgehead atoms. The maximum atomic E-state index is 5.60. The molecule has 1 fully saturated rings. The van der Waals surface area contributed by atoms with Crippen molar-refractivity contribution in [2.75, 3.05) is 0 Å². The Morgan fingerprint density at radius 3 is 2.92 bits per heavy atom. The molecule has 1 aromatic rings. The fraction of sp³-hybridized carbons (Fsp3) is 0.750. The molecule has 12 heavy (non-hydrogen) atoms. The van der Waals surface area contributed by atoms with Gasteiger partial charge in [0.2, 0.25) is 11.8 Å². The fourth-order valence-corrected chi connectivity index (χ4v) is 1.12. The van der Waals surface area contributed by atoms with Crippen LogP contribution in [0.2, 0.25) is 0 Å². The first-order valence-electron chi connectivity index (χ1n) is 4.33. The van der Waals surface area contributed by atoms with Crippen LogP contribution in [-0.4, -0.2) is 16.2 Å². The molecule has 1 unspecified atom stereocenters. The van der Waals surface area contributed by atoms with Gasteiger partial charge in [0.1, 0.15) is 0 Å². The summed E-state index contributed by atoms with van der Waals surface area (Å²) in [4.78, 5) is 0. The minimum Gasteiger partial charge on any atom is -0.425 e. The van der Waals surface area contributed by atoms with E-state index in [0.29, 0.717) is 18.2 Å². The fourth-order valence-electron chi connectivity index (χ4n) is 1.12. The molecule has 1 saturated carbocycles. The molecule has 4 heteroatoms. The van der Waals surface area contributed by atoms with Crippen LogP contribution < -0.4 is 5.73 Å². The molecule has 2 rings (SSSR count). The van der Waals surface area contributed by atoms with E-state index in [1.807, 2.05) is 6.92 Å². The molecule has 0 radical (unpaired) electrons. The lowest BCUT2D eigenvalue weighted by atomic mass is 10.2. The third-order valence-corrected chi connectivity index (χ3v) is 1.91. The second-order valence-corrected chi connectivity index (χ2v) is 3.49. The number of hydrogen-bond donors (Lipinski definition) is 1. The highest BCUT2D eigenvalue weighted by atomic mass is 16.4. The minimum atomic E-state index is 0.0949. The van der Waals surface area contributed by atoms with E-state index in [9.17, 15) is 0 Å². The topological polar surface area (TPSA) is 64.9 Å². The first kappa shape index (κ1) is 7.73. The monoisotopic (exact) mass is 167 g/mol. The van der Waals surface area contributed by atoms with Gasteiger partial charge >= 0.3 is 0 Å². The van der Waals surface area contributed by atoms with E-state index >= 15 is 0 Å². The van der Waals surface area contributed by atoms with Gasteiger partial charge < -0.3 is 10.2 Å². The Bertz CT molecular complexity index is 265. The summed E-state index contributed by atoms with van der Waals surface area (Å²) in [7, 11) is 0. The summed E-state index contributed by atoms with van der Waals surface area (Å²) in [5.74, 6) is 2.01. The van der Waals surface area contributed by atoms with Gasteiger partial charge in [0.05, 0.1) is 0 Å². The lowest BCUT2D eigenvalue weighted by molar-refractivity contribution is 0.439. The van der Waals surface area contributed by atoms with Crippen LogP contribution in [-0.2, 0) is 6.42 Å². The van der Waals surface area contributed by atoms with Gasteiger partial charge in [0.25, 0.3) is 0 Å². The van der Waals surface area contributed by atoms with E-state index in [0.717, 1.165) is 5.89 Å². The molecular formula is C8H13N3O. The van der Waals surface area contributed by atoms with Crippen LogP contribution in [0.4, 0.5) is 0 Å². The van der Waals surface area contributed by atoms with Crippen LogP contribution in [0, 0.1) is 0 Å². The zero-order valence-electron chi connectivity index (χ0n) is 7.16. The van der Waals surface area contributed by atoms with Crippen molar-refractivity contribution in [3.63, 3.8) is 0 Å². The van der Waals surface area contributed by atoms with E-state index in [1.165, 1.54) is 12.8 Å². The van der Waals surface area contributed by atoms with Crippen molar-refractivity contribution in [3.8, 4) is 0 Å². The van der Waals surface area contributed by atoms with Crippen LogP contribution in [0.3, 0.4) is 0 Å². The van der Waals surface area contributed by atoms with Gasteiger partial charge in [-0.1, -0.05) is 0 Å². The van der Waals surface area contributed by atoms with Crippen LogP contribution in [0.1, 0.15) is 37.5 Å². The summed E-state index contributed by atoms with van der Waals surface area (Å²) in [5, 5.41) is 7.88. The predicted molar refractivity (Wildman–Crippen MR) is 43.6 cm³/mol. The van der Waals surface area contributed by atoms with E-state index in [4.69, 9.17) is 10.2 Å². The van der Waals surface area contributed by atoms with Gasteiger partial charge in [0.15, 0.2) is 0 Å². The van der Waals surface area contributed by atoms with Gasteiger partial charge in [0, 0.05) is 18.4 Å². The maximum absolute atomic E-state index is 5.60. The molecule has 0 aliphatic heterocycles. The van der Waals surface area contributed by atoms with Gasteiger partial charge in [-0.2, -0.15) is 0 Å². The summed E-state index contributed by atoms with van der Waals surface area (Å²) < 4.78 is 5.42. The van der Waals surface area contributed by atoms with Crippen LogP contribution in [0.5, 0.6) is 0 Å². The Morgan fingerprint density at radius 1 is 1.58 bits per heavy atom. The van der Waals surface area contributed by atoms with Crippen molar-refractivity contribution in [3.05, 3.63) is 11.8 Å². The summed E-state index contributed by atoms with van der Waals surface area (Å²) in [5.41, 5.74) is 5.60. The van der Waals surface area contributed by atoms with E-state index in [-0.39, 0.29) is 6.04 Å². The lowest BCUT2D eigenvalue weighted by Crippen LogP contribution is -2.17. The molecule has 1 aliphatic rings. The SMILES string of the molecule is CC(N)Cc1nnc(C2CC2)o1. The number of hydrogen-bond acceptors (Lipinski definition) is 4. The highest BCUT2D eigenvalue weighted by Gasteiger charge is 2.29. The van der Waals surface area contributed by atoms with Crippen LogP contribution in [0.25, 0.3) is 0 Å². The molecule has 0 saturated heterocycles. The molecule has 1 aliphatic carbocycles. The van der Waals surface area contributed by atoms with Gasteiger partial charge in [-0.25, -0.2) is 0 Å². The maximum Gasteiger partial charge on any atom is 0.219 e. The van der Waals surface area contributed by atoms with Crippen molar-refractivity contribution in [2.24, 2.45) is 5.73 Å². The molecule has 1 aromatic heterocycles. The number of nitrogens with two attached hydrogens (primary N) is 1. The van der Waals surface area contributed by atoms with E-state index in [1.54, 1.807) is 0 Å². The molecule has 0 spiro atoms. The molecule has 1 heterocycles. The molecular weight excluding hydrogens is 154 g/mol. The molecule has 2 N–H and O–H groups in total. The Labute approximate surface area is 71.2 Å². The zero-order valence-corrected chi connectivity index (χ0v) is 7.16. The molecule has 0 amide bonds.